The van der Waals surface area contributed by atoms with Gasteiger partial charge in [-0.15, -0.1) is 12.4 Å². The molecule has 1 N–H and O–H groups in total. The third-order valence-corrected chi connectivity index (χ3v) is 3.83. The van der Waals surface area contributed by atoms with Crippen LogP contribution in [0.1, 0.15) is 24.8 Å². The van der Waals surface area contributed by atoms with Crippen LogP contribution in [0.25, 0.3) is 0 Å². The first-order valence-corrected chi connectivity index (χ1v) is 7.36. The lowest BCUT2D eigenvalue weighted by Crippen LogP contribution is -2.44. The summed E-state index contributed by atoms with van der Waals surface area (Å²) < 4.78 is 5.56. The van der Waals surface area contributed by atoms with Crippen LogP contribution in [0.3, 0.4) is 0 Å². The van der Waals surface area contributed by atoms with E-state index in [4.69, 9.17) is 4.74 Å². The van der Waals surface area contributed by atoms with Crippen LogP contribution in [0, 0.1) is 0 Å². The first-order valence-electron chi connectivity index (χ1n) is 7.36. The quantitative estimate of drug-likeness (QED) is 0.819. The molecular formula is C16H25ClN2O2. The van der Waals surface area contributed by atoms with Gasteiger partial charge in [0.15, 0.2) is 0 Å². The molecule has 0 unspecified atom stereocenters. The van der Waals surface area contributed by atoms with Gasteiger partial charge in [-0.25, -0.2) is 0 Å². The lowest BCUT2D eigenvalue weighted by atomic mass is 10.1. The molecule has 0 radical (unpaired) electrons. The van der Waals surface area contributed by atoms with Crippen molar-refractivity contribution in [3.05, 3.63) is 35.9 Å². The zero-order valence-corrected chi connectivity index (χ0v) is 13.4. The van der Waals surface area contributed by atoms with Gasteiger partial charge in [-0.1, -0.05) is 30.3 Å². The lowest BCUT2D eigenvalue weighted by molar-refractivity contribution is -0.133. The monoisotopic (exact) mass is 312 g/mol. The van der Waals surface area contributed by atoms with Crippen LogP contribution in [0.5, 0.6) is 0 Å². The smallest absolute Gasteiger partial charge is 0.224 e. The number of ether oxygens (including phenoxy) is 1. The topological polar surface area (TPSA) is 41.6 Å². The van der Waals surface area contributed by atoms with E-state index >= 15 is 0 Å². The van der Waals surface area contributed by atoms with E-state index in [-0.39, 0.29) is 18.3 Å². The molecule has 0 aliphatic carbocycles. The first kappa shape index (κ1) is 18.0. The summed E-state index contributed by atoms with van der Waals surface area (Å²) >= 11 is 0. The number of piperidine rings is 1. The maximum atomic E-state index is 12.0. The highest BCUT2D eigenvalue weighted by molar-refractivity contribution is 5.85. The van der Waals surface area contributed by atoms with E-state index < -0.39 is 0 Å². The van der Waals surface area contributed by atoms with Gasteiger partial charge in [0.25, 0.3) is 0 Å². The number of likely N-dealkylation sites (tertiary alicyclic amines) is 1. The second kappa shape index (κ2) is 9.77. The average molecular weight is 313 g/mol. The Bertz CT molecular complexity index is 406. The number of hydrogen-bond acceptors (Lipinski definition) is 3. The molecule has 1 saturated heterocycles. The molecule has 0 atom stereocenters. The number of carbonyl (C=O) groups excluding carboxylic acids is 1. The van der Waals surface area contributed by atoms with Crippen molar-refractivity contribution in [2.24, 2.45) is 0 Å². The predicted octanol–water partition coefficient (Wildman–Crippen LogP) is 2.23. The van der Waals surface area contributed by atoms with Crippen LogP contribution in [0.15, 0.2) is 30.3 Å². The highest BCUT2D eigenvalue weighted by Crippen LogP contribution is 2.11. The standard InChI is InChI=1S/C16H24N2O2.ClH/c1-17-15-7-10-18(11-8-15)16(19)9-12-20-13-14-5-3-2-4-6-14;/h2-6,15,17H,7-13H2,1H3;1H. The van der Waals surface area contributed by atoms with Gasteiger partial charge in [0.1, 0.15) is 0 Å². The number of carbonyl (C=O) groups is 1. The van der Waals surface area contributed by atoms with Crippen molar-refractivity contribution in [2.45, 2.75) is 31.9 Å². The number of benzene rings is 1. The van der Waals surface area contributed by atoms with Crippen molar-refractivity contribution in [2.75, 3.05) is 26.7 Å². The van der Waals surface area contributed by atoms with E-state index in [1.807, 2.05) is 42.3 Å². The summed E-state index contributed by atoms with van der Waals surface area (Å²) in [7, 11) is 1.99. The lowest BCUT2D eigenvalue weighted by Gasteiger charge is -2.31. The fraction of sp³-hybridized carbons (Fsp3) is 0.562. The van der Waals surface area contributed by atoms with Crippen LogP contribution in [0.2, 0.25) is 0 Å². The Morgan fingerprint density at radius 2 is 1.95 bits per heavy atom. The summed E-state index contributed by atoms with van der Waals surface area (Å²) in [4.78, 5) is 14.0. The molecule has 0 saturated carbocycles. The normalized spacial score (nSPS) is 15.6. The third-order valence-electron chi connectivity index (χ3n) is 3.83. The van der Waals surface area contributed by atoms with Crippen molar-refractivity contribution in [3.63, 3.8) is 0 Å². The number of amides is 1. The van der Waals surface area contributed by atoms with Crippen LogP contribution >= 0.6 is 12.4 Å². The Morgan fingerprint density at radius 1 is 1.29 bits per heavy atom. The minimum atomic E-state index is 0. The summed E-state index contributed by atoms with van der Waals surface area (Å²) in [5.41, 5.74) is 1.15. The van der Waals surface area contributed by atoms with Gasteiger partial charge in [-0.05, 0) is 25.5 Å². The van der Waals surface area contributed by atoms with Crippen molar-refractivity contribution < 1.29 is 9.53 Å². The molecule has 1 amide bonds. The molecule has 1 aromatic rings. The molecule has 0 aromatic heterocycles. The fourth-order valence-electron chi connectivity index (χ4n) is 2.50. The molecule has 4 nitrogen and oxygen atoms in total. The van der Waals surface area contributed by atoms with E-state index in [9.17, 15) is 4.79 Å². The highest BCUT2D eigenvalue weighted by Gasteiger charge is 2.21. The molecule has 0 bridgehead atoms. The van der Waals surface area contributed by atoms with Crippen LogP contribution in [0.4, 0.5) is 0 Å². The fourth-order valence-corrected chi connectivity index (χ4v) is 2.50. The summed E-state index contributed by atoms with van der Waals surface area (Å²) in [6.45, 7) is 2.81. The molecule has 1 heterocycles. The van der Waals surface area contributed by atoms with Gasteiger partial charge < -0.3 is 15.0 Å². The molecule has 0 spiro atoms. The van der Waals surface area contributed by atoms with E-state index in [1.54, 1.807) is 0 Å². The molecule has 5 heteroatoms. The Morgan fingerprint density at radius 3 is 2.57 bits per heavy atom. The van der Waals surface area contributed by atoms with Crippen molar-refractivity contribution >= 4 is 18.3 Å². The summed E-state index contributed by atoms with van der Waals surface area (Å²) in [5.74, 6) is 0.215. The average Bonchev–Trinajstić information content (AvgIpc) is 2.52. The Labute approximate surface area is 133 Å². The van der Waals surface area contributed by atoms with Crippen LogP contribution in [-0.4, -0.2) is 43.6 Å². The number of halogens is 1. The minimum Gasteiger partial charge on any atom is -0.376 e. The largest absolute Gasteiger partial charge is 0.376 e. The van der Waals surface area contributed by atoms with Gasteiger partial charge in [-0.2, -0.15) is 0 Å². The summed E-state index contributed by atoms with van der Waals surface area (Å²) in [6.07, 6.45) is 2.58. The van der Waals surface area contributed by atoms with Gasteiger partial charge in [0.2, 0.25) is 5.91 Å². The molecule has 1 aromatic carbocycles. The zero-order valence-electron chi connectivity index (χ0n) is 12.6. The van der Waals surface area contributed by atoms with E-state index in [0.717, 1.165) is 31.5 Å². The second-order valence-corrected chi connectivity index (χ2v) is 5.23. The molecular weight excluding hydrogens is 288 g/mol. The van der Waals surface area contributed by atoms with Crippen molar-refractivity contribution in [3.8, 4) is 0 Å². The van der Waals surface area contributed by atoms with Crippen LogP contribution in [-0.2, 0) is 16.1 Å². The molecule has 21 heavy (non-hydrogen) atoms. The van der Waals surface area contributed by atoms with Crippen molar-refractivity contribution in [1.29, 1.82) is 0 Å². The molecule has 118 valence electrons. The van der Waals surface area contributed by atoms with E-state index in [2.05, 4.69) is 5.32 Å². The van der Waals surface area contributed by atoms with E-state index in [1.165, 1.54) is 0 Å². The predicted molar refractivity (Wildman–Crippen MR) is 86.6 cm³/mol. The molecule has 2 rings (SSSR count). The zero-order chi connectivity index (χ0) is 14.2. The SMILES string of the molecule is CNC1CCN(C(=O)CCOCc2ccccc2)CC1.Cl. The van der Waals surface area contributed by atoms with Crippen LogP contribution < -0.4 is 5.32 Å². The van der Waals surface area contributed by atoms with Gasteiger partial charge in [0.05, 0.1) is 19.6 Å². The van der Waals surface area contributed by atoms with E-state index in [0.29, 0.717) is 25.7 Å². The Hall–Kier alpha value is -1.10. The minimum absolute atomic E-state index is 0. The first-order chi connectivity index (χ1) is 9.79. The number of hydrogen-bond donors (Lipinski definition) is 1. The number of nitrogens with zero attached hydrogens (tertiary/aromatic N) is 1. The molecule has 1 fully saturated rings. The van der Waals surface area contributed by atoms with Gasteiger partial charge in [0, 0.05) is 19.1 Å². The Balaban J connectivity index is 0.00000220. The summed E-state index contributed by atoms with van der Waals surface area (Å²) in [5, 5.41) is 3.27. The molecule has 1 aliphatic rings. The summed E-state index contributed by atoms with van der Waals surface area (Å²) in [6, 6.07) is 10.6. The maximum Gasteiger partial charge on any atom is 0.224 e. The third kappa shape index (κ3) is 6.04. The number of nitrogens with one attached hydrogen (secondary N) is 1. The molecule has 1 aliphatic heterocycles. The second-order valence-electron chi connectivity index (χ2n) is 5.23. The Kier molecular flexibility index (Phi) is 8.35. The van der Waals surface area contributed by atoms with Crippen molar-refractivity contribution in [1.82, 2.24) is 10.2 Å². The van der Waals surface area contributed by atoms with Gasteiger partial charge >= 0.3 is 0 Å². The number of rotatable bonds is 6. The highest BCUT2D eigenvalue weighted by atomic mass is 35.5. The maximum absolute atomic E-state index is 12.0. The van der Waals surface area contributed by atoms with Gasteiger partial charge in [-0.3, -0.25) is 4.79 Å².